The molecule has 0 bridgehead atoms. The van der Waals surface area contributed by atoms with Crippen molar-refractivity contribution in [2.45, 2.75) is 25.6 Å². The Hall–Kier alpha value is -0.980. The Morgan fingerprint density at radius 2 is 2.60 bits per heavy atom. The highest BCUT2D eigenvalue weighted by Gasteiger charge is 2.23. The summed E-state index contributed by atoms with van der Waals surface area (Å²) in [4.78, 5) is 6.21. The summed E-state index contributed by atoms with van der Waals surface area (Å²) in [7, 11) is 0. The number of morpholine rings is 1. The molecule has 0 aliphatic carbocycles. The maximum atomic E-state index is 5.80. The Morgan fingerprint density at radius 3 is 3.27 bits per heavy atom. The molecule has 1 aromatic rings. The summed E-state index contributed by atoms with van der Waals surface area (Å²) in [5, 5.41) is 3.78. The fourth-order valence-corrected chi connectivity index (χ4v) is 1.66. The van der Waals surface area contributed by atoms with Crippen molar-refractivity contribution in [3.63, 3.8) is 0 Å². The molecule has 2 heterocycles. The van der Waals surface area contributed by atoms with Gasteiger partial charge in [0.05, 0.1) is 19.3 Å². The van der Waals surface area contributed by atoms with Crippen LogP contribution in [-0.4, -0.2) is 46.9 Å². The summed E-state index contributed by atoms with van der Waals surface area (Å²) in [6.45, 7) is 5.08. The molecule has 1 saturated heterocycles. The highest BCUT2D eigenvalue weighted by Crippen LogP contribution is 2.09. The first-order chi connectivity index (χ1) is 7.25. The van der Waals surface area contributed by atoms with Crippen molar-refractivity contribution in [2.75, 3.05) is 19.7 Å². The maximum Gasteiger partial charge on any atom is 0.213 e. The second-order valence-electron chi connectivity index (χ2n) is 3.85. The molecular weight excluding hydrogens is 196 g/mol. The SMILES string of the molecule is CC(N)C1CN(Cc2ncon2)CCO1. The Bertz CT molecular complexity index is 288. The summed E-state index contributed by atoms with van der Waals surface area (Å²) in [6.07, 6.45) is 1.45. The number of hydrogen-bond acceptors (Lipinski definition) is 6. The van der Waals surface area contributed by atoms with Crippen LogP contribution in [0.1, 0.15) is 12.7 Å². The Labute approximate surface area is 88.4 Å². The summed E-state index contributed by atoms with van der Waals surface area (Å²) in [6, 6.07) is 0.0538. The van der Waals surface area contributed by atoms with E-state index in [-0.39, 0.29) is 12.1 Å². The van der Waals surface area contributed by atoms with Crippen molar-refractivity contribution in [3.05, 3.63) is 12.2 Å². The van der Waals surface area contributed by atoms with Crippen LogP contribution in [0.4, 0.5) is 0 Å². The van der Waals surface area contributed by atoms with Crippen LogP contribution in [0.15, 0.2) is 10.9 Å². The average Bonchev–Trinajstić information content (AvgIpc) is 2.71. The van der Waals surface area contributed by atoms with Crippen molar-refractivity contribution < 1.29 is 9.26 Å². The minimum atomic E-state index is 0.0538. The Morgan fingerprint density at radius 1 is 1.73 bits per heavy atom. The number of nitrogens with zero attached hydrogens (tertiary/aromatic N) is 3. The molecule has 1 aliphatic heterocycles. The number of aromatic nitrogens is 2. The van der Waals surface area contributed by atoms with Crippen LogP contribution in [0, 0.1) is 0 Å². The van der Waals surface area contributed by atoms with Crippen molar-refractivity contribution in [3.8, 4) is 0 Å². The van der Waals surface area contributed by atoms with Gasteiger partial charge in [-0.2, -0.15) is 4.98 Å². The first kappa shape index (κ1) is 10.5. The van der Waals surface area contributed by atoms with Gasteiger partial charge in [-0.1, -0.05) is 5.16 Å². The molecule has 2 N–H and O–H groups in total. The zero-order valence-corrected chi connectivity index (χ0v) is 8.80. The summed E-state index contributed by atoms with van der Waals surface area (Å²) in [5.41, 5.74) is 5.80. The van der Waals surface area contributed by atoms with Gasteiger partial charge in [-0.25, -0.2) is 0 Å². The molecule has 1 aromatic heterocycles. The molecular formula is C9H16N4O2. The topological polar surface area (TPSA) is 77.4 Å². The lowest BCUT2D eigenvalue weighted by atomic mass is 10.1. The van der Waals surface area contributed by atoms with Crippen LogP contribution in [-0.2, 0) is 11.3 Å². The largest absolute Gasteiger partial charge is 0.374 e. The molecule has 0 aromatic carbocycles. The van der Waals surface area contributed by atoms with Gasteiger partial charge < -0.3 is 15.0 Å². The predicted molar refractivity (Wildman–Crippen MR) is 53.0 cm³/mol. The third kappa shape index (κ3) is 2.74. The van der Waals surface area contributed by atoms with E-state index in [9.17, 15) is 0 Å². The first-order valence-corrected chi connectivity index (χ1v) is 5.10. The second kappa shape index (κ2) is 4.69. The summed E-state index contributed by atoms with van der Waals surface area (Å²) in [5.74, 6) is 0.709. The monoisotopic (exact) mass is 212 g/mol. The van der Waals surface area contributed by atoms with Crippen molar-refractivity contribution in [1.29, 1.82) is 0 Å². The number of hydrogen-bond donors (Lipinski definition) is 1. The molecule has 1 aliphatic rings. The molecule has 0 radical (unpaired) electrons. The van der Waals surface area contributed by atoms with Crippen molar-refractivity contribution >= 4 is 0 Å². The van der Waals surface area contributed by atoms with E-state index in [1.165, 1.54) is 6.39 Å². The smallest absolute Gasteiger partial charge is 0.213 e. The predicted octanol–water partition coefficient (Wildman–Crippen LogP) is -0.382. The van der Waals surface area contributed by atoms with Crippen molar-refractivity contribution in [2.24, 2.45) is 5.73 Å². The third-order valence-corrected chi connectivity index (χ3v) is 2.54. The molecule has 0 saturated carbocycles. The highest BCUT2D eigenvalue weighted by atomic mass is 16.5. The van der Waals surface area contributed by atoms with Crippen LogP contribution < -0.4 is 5.73 Å². The normalized spacial score (nSPS) is 25.3. The zero-order chi connectivity index (χ0) is 10.7. The Kier molecular flexibility index (Phi) is 3.30. The fourth-order valence-electron chi connectivity index (χ4n) is 1.66. The standard InChI is InChI=1S/C9H16N4O2/c1-7(10)8-4-13(2-3-14-8)5-9-11-6-15-12-9/h6-8H,2-5,10H2,1H3. The molecule has 6 nitrogen and oxygen atoms in total. The van der Waals surface area contributed by atoms with Crippen LogP contribution in [0.5, 0.6) is 0 Å². The van der Waals surface area contributed by atoms with Crippen LogP contribution >= 0.6 is 0 Å². The van der Waals surface area contributed by atoms with E-state index < -0.39 is 0 Å². The number of ether oxygens (including phenoxy) is 1. The molecule has 2 unspecified atom stereocenters. The molecule has 0 amide bonds. The average molecular weight is 212 g/mol. The lowest BCUT2D eigenvalue weighted by Crippen LogP contribution is -2.49. The highest BCUT2D eigenvalue weighted by molar-refractivity contribution is 4.83. The summed E-state index contributed by atoms with van der Waals surface area (Å²) < 4.78 is 10.2. The van der Waals surface area contributed by atoms with E-state index in [1.54, 1.807) is 0 Å². The van der Waals surface area contributed by atoms with Gasteiger partial charge in [-0.15, -0.1) is 0 Å². The number of rotatable bonds is 3. The lowest BCUT2D eigenvalue weighted by molar-refractivity contribution is -0.0411. The van der Waals surface area contributed by atoms with E-state index >= 15 is 0 Å². The van der Waals surface area contributed by atoms with E-state index in [0.717, 1.165) is 13.1 Å². The van der Waals surface area contributed by atoms with Crippen molar-refractivity contribution in [1.82, 2.24) is 15.0 Å². The minimum Gasteiger partial charge on any atom is -0.374 e. The Balaban J connectivity index is 1.88. The van der Waals surface area contributed by atoms with Gasteiger partial charge in [0, 0.05) is 19.1 Å². The van der Waals surface area contributed by atoms with Crippen LogP contribution in [0.2, 0.25) is 0 Å². The lowest BCUT2D eigenvalue weighted by Gasteiger charge is -2.33. The first-order valence-electron chi connectivity index (χ1n) is 5.10. The second-order valence-corrected chi connectivity index (χ2v) is 3.85. The van der Waals surface area contributed by atoms with Crippen LogP contribution in [0.25, 0.3) is 0 Å². The fraction of sp³-hybridized carbons (Fsp3) is 0.778. The van der Waals surface area contributed by atoms with Gasteiger partial charge >= 0.3 is 0 Å². The zero-order valence-electron chi connectivity index (χ0n) is 8.80. The molecule has 6 heteroatoms. The maximum absolute atomic E-state index is 5.80. The molecule has 1 fully saturated rings. The van der Waals surface area contributed by atoms with E-state index in [1.807, 2.05) is 6.92 Å². The molecule has 84 valence electrons. The van der Waals surface area contributed by atoms with Gasteiger partial charge in [0.1, 0.15) is 0 Å². The van der Waals surface area contributed by atoms with E-state index in [0.29, 0.717) is 19.0 Å². The summed E-state index contributed by atoms with van der Waals surface area (Å²) >= 11 is 0. The van der Waals surface area contributed by atoms with Gasteiger partial charge in [0.2, 0.25) is 6.39 Å². The molecule has 0 spiro atoms. The van der Waals surface area contributed by atoms with Gasteiger partial charge in [-0.05, 0) is 6.92 Å². The van der Waals surface area contributed by atoms with Crippen LogP contribution in [0.3, 0.4) is 0 Å². The van der Waals surface area contributed by atoms with Gasteiger partial charge in [0.15, 0.2) is 5.82 Å². The molecule has 15 heavy (non-hydrogen) atoms. The third-order valence-electron chi connectivity index (χ3n) is 2.54. The van der Waals surface area contributed by atoms with E-state index in [2.05, 4.69) is 19.6 Å². The van der Waals surface area contributed by atoms with E-state index in [4.69, 9.17) is 10.5 Å². The van der Waals surface area contributed by atoms with Gasteiger partial charge in [-0.3, -0.25) is 4.90 Å². The molecule has 2 atom stereocenters. The van der Waals surface area contributed by atoms with Gasteiger partial charge in [0.25, 0.3) is 0 Å². The minimum absolute atomic E-state index is 0.0538. The molecule has 2 rings (SSSR count). The number of nitrogens with two attached hydrogens (primary N) is 1. The quantitative estimate of drug-likeness (QED) is 0.735.